The number of esters is 1. The van der Waals surface area contributed by atoms with E-state index in [2.05, 4.69) is 10.3 Å². The Morgan fingerprint density at radius 1 is 1.50 bits per heavy atom. The van der Waals surface area contributed by atoms with Crippen molar-refractivity contribution in [3.63, 3.8) is 0 Å². The van der Waals surface area contributed by atoms with E-state index in [0.717, 1.165) is 0 Å². The molecule has 112 valence electrons. The molecule has 0 aliphatic heterocycles. The summed E-state index contributed by atoms with van der Waals surface area (Å²) in [7, 11) is 1.30. The number of ether oxygens (including phenoxy) is 1. The molecule has 0 saturated carbocycles. The van der Waals surface area contributed by atoms with Gasteiger partial charge in [-0.05, 0) is 12.3 Å². The molecule has 1 unspecified atom stereocenters. The van der Waals surface area contributed by atoms with Gasteiger partial charge in [0, 0.05) is 19.3 Å². The van der Waals surface area contributed by atoms with E-state index in [4.69, 9.17) is 10.5 Å². The number of amides is 1. The predicted molar refractivity (Wildman–Crippen MR) is 74.0 cm³/mol. The first-order valence-corrected chi connectivity index (χ1v) is 6.58. The van der Waals surface area contributed by atoms with Crippen LogP contribution in [0.15, 0.2) is 12.5 Å². The molecule has 0 spiro atoms. The molecule has 1 amide bonds. The number of aromatic nitrogens is 2. The molecule has 1 aromatic heterocycles. The van der Waals surface area contributed by atoms with Crippen LogP contribution in [0, 0.1) is 5.92 Å². The smallest absolute Gasteiger partial charge is 0.328 e. The minimum Gasteiger partial charge on any atom is -0.467 e. The summed E-state index contributed by atoms with van der Waals surface area (Å²) in [6.07, 6.45) is 3.66. The molecule has 0 fully saturated rings. The Labute approximate surface area is 118 Å². The lowest BCUT2D eigenvalue weighted by Crippen LogP contribution is -2.42. The Kier molecular flexibility index (Phi) is 6.17. The van der Waals surface area contributed by atoms with Gasteiger partial charge in [0.05, 0.1) is 13.4 Å². The number of methoxy groups -OCH3 is 1. The zero-order valence-electron chi connectivity index (χ0n) is 12.1. The van der Waals surface area contributed by atoms with Gasteiger partial charge in [0.1, 0.15) is 11.7 Å². The van der Waals surface area contributed by atoms with Gasteiger partial charge in [0.15, 0.2) is 0 Å². The second-order valence-electron chi connectivity index (χ2n) is 4.96. The van der Waals surface area contributed by atoms with Gasteiger partial charge in [-0.25, -0.2) is 9.78 Å². The van der Waals surface area contributed by atoms with Crippen molar-refractivity contribution in [3.8, 4) is 0 Å². The third-order valence-electron chi connectivity index (χ3n) is 2.75. The van der Waals surface area contributed by atoms with Crippen molar-refractivity contribution in [2.75, 3.05) is 13.7 Å². The summed E-state index contributed by atoms with van der Waals surface area (Å²) in [4.78, 5) is 27.7. The lowest BCUT2D eigenvalue weighted by atomic mass is 10.0. The highest BCUT2D eigenvalue weighted by Gasteiger charge is 2.23. The highest BCUT2D eigenvalue weighted by molar-refractivity contribution is 5.95. The standard InChI is InChI=1S/C13H22N4O3/c1-9(2)6-10(13(19)20-3)16-12(18)11-7-17(5-4-14)8-15-11/h7-10H,4-6,14H2,1-3H3,(H,16,18). The van der Waals surface area contributed by atoms with Crippen molar-refractivity contribution in [1.29, 1.82) is 0 Å². The Balaban J connectivity index is 2.71. The highest BCUT2D eigenvalue weighted by Crippen LogP contribution is 2.07. The fraction of sp³-hybridized carbons (Fsp3) is 0.615. The molecule has 20 heavy (non-hydrogen) atoms. The van der Waals surface area contributed by atoms with Crippen LogP contribution in [0.3, 0.4) is 0 Å². The number of carbonyl (C=O) groups is 2. The van der Waals surface area contributed by atoms with Crippen LogP contribution in [0.5, 0.6) is 0 Å². The number of carbonyl (C=O) groups excluding carboxylic acids is 2. The molecule has 1 aromatic rings. The zero-order valence-corrected chi connectivity index (χ0v) is 12.1. The summed E-state index contributed by atoms with van der Waals surface area (Å²) in [6.45, 7) is 5.00. The predicted octanol–water partition coefficient (Wildman–Crippen LogP) is 0.159. The van der Waals surface area contributed by atoms with Gasteiger partial charge in [-0.3, -0.25) is 4.79 Å². The molecule has 7 nitrogen and oxygen atoms in total. The fourth-order valence-electron chi connectivity index (χ4n) is 1.81. The van der Waals surface area contributed by atoms with Crippen LogP contribution in [0.25, 0.3) is 0 Å². The van der Waals surface area contributed by atoms with Gasteiger partial charge in [-0.2, -0.15) is 0 Å². The average molecular weight is 282 g/mol. The number of hydrogen-bond acceptors (Lipinski definition) is 5. The van der Waals surface area contributed by atoms with Crippen LogP contribution in [0.2, 0.25) is 0 Å². The maximum absolute atomic E-state index is 12.0. The van der Waals surface area contributed by atoms with Crippen molar-refractivity contribution >= 4 is 11.9 Å². The SMILES string of the molecule is COC(=O)C(CC(C)C)NC(=O)c1cn(CCN)cn1. The minimum atomic E-state index is -0.660. The molecule has 0 saturated heterocycles. The van der Waals surface area contributed by atoms with Crippen molar-refractivity contribution in [2.45, 2.75) is 32.9 Å². The molecule has 1 rings (SSSR count). The van der Waals surface area contributed by atoms with Crippen LogP contribution in [-0.4, -0.2) is 41.1 Å². The third-order valence-corrected chi connectivity index (χ3v) is 2.75. The molecule has 0 aromatic carbocycles. The largest absolute Gasteiger partial charge is 0.467 e. The van der Waals surface area contributed by atoms with E-state index in [1.807, 2.05) is 13.8 Å². The number of imidazole rings is 1. The molecule has 1 heterocycles. The van der Waals surface area contributed by atoms with E-state index in [9.17, 15) is 9.59 Å². The quantitative estimate of drug-likeness (QED) is 0.694. The van der Waals surface area contributed by atoms with E-state index in [1.54, 1.807) is 10.8 Å². The lowest BCUT2D eigenvalue weighted by molar-refractivity contribution is -0.143. The van der Waals surface area contributed by atoms with Gasteiger partial charge >= 0.3 is 5.97 Å². The average Bonchev–Trinajstić information content (AvgIpc) is 2.85. The lowest BCUT2D eigenvalue weighted by Gasteiger charge is -2.17. The van der Waals surface area contributed by atoms with Crippen LogP contribution >= 0.6 is 0 Å². The first-order chi connectivity index (χ1) is 9.47. The maximum Gasteiger partial charge on any atom is 0.328 e. The maximum atomic E-state index is 12.0. The van der Waals surface area contributed by atoms with Gasteiger partial charge in [0.25, 0.3) is 5.91 Å². The molecule has 0 radical (unpaired) electrons. The summed E-state index contributed by atoms with van der Waals surface area (Å²) < 4.78 is 6.42. The Bertz CT molecular complexity index is 456. The number of nitrogens with zero attached hydrogens (tertiary/aromatic N) is 2. The molecule has 0 aliphatic carbocycles. The van der Waals surface area contributed by atoms with Gasteiger partial charge in [-0.1, -0.05) is 13.8 Å². The van der Waals surface area contributed by atoms with Crippen molar-refractivity contribution in [1.82, 2.24) is 14.9 Å². The number of hydrogen-bond donors (Lipinski definition) is 2. The van der Waals surface area contributed by atoms with Crippen LogP contribution in [0.1, 0.15) is 30.8 Å². The number of nitrogens with one attached hydrogen (secondary N) is 1. The summed E-state index contributed by atoms with van der Waals surface area (Å²) in [5.41, 5.74) is 5.69. The molecule has 1 atom stereocenters. The normalized spacial score (nSPS) is 12.2. The number of rotatable bonds is 7. The van der Waals surface area contributed by atoms with Crippen molar-refractivity contribution < 1.29 is 14.3 Å². The van der Waals surface area contributed by atoms with E-state index < -0.39 is 17.9 Å². The molecular weight excluding hydrogens is 260 g/mol. The zero-order chi connectivity index (χ0) is 15.1. The third kappa shape index (κ3) is 4.65. The highest BCUT2D eigenvalue weighted by atomic mass is 16.5. The first-order valence-electron chi connectivity index (χ1n) is 6.58. The van der Waals surface area contributed by atoms with Crippen molar-refractivity contribution in [3.05, 3.63) is 18.2 Å². The van der Waals surface area contributed by atoms with Crippen LogP contribution < -0.4 is 11.1 Å². The molecule has 3 N–H and O–H groups in total. The fourth-order valence-corrected chi connectivity index (χ4v) is 1.81. The monoisotopic (exact) mass is 282 g/mol. The van der Waals surface area contributed by atoms with Gasteiger partial charge < -0.3 is 20.4 Å². The Morgan fingerprint density at radius 2 is 2.20 bits per heavy atom. The van der Waals surface area contributed by atoms with E-state index in [0.29, 0.717) is 19.5 Å². The number of nitrogens with two attached hydrogens (primary N) is 1. The van der Waals surface area contributed by atoms with E-state index >= 15 is 0 Å². The van der Waals surface area contributed by atoms with Crippen LogP contribution in [-0.2, 0) is 16.1 Å². The van der Waals surface area contributed by atoms with E-state index in [-0.39, 0.29) is 11.6 Å². The molecule has 0 bridgehead atoms. The second kappa shape index (κ2) is 7.64. The van der Waals surface area contributed by atoms with Crippen LogP contribution in [0.4, 0.5) is 0 Å². The first kappa shape index (κ1) is 16.2. The molecular formula is C13H22N4O3. The Hall–Kier alpha value is -1.89. The van der Waals surface area contributed by atoms with Gasteiger partial charge in [0.2, 0.25) is 0 Å². The second-order valence-corrected chi connectivity index (χ2v) is 4.96. The van der Waals surface area contributed by atoms with E-state index in [1.165, 1.54) is 13.4 Å². The van der Waals surface area contributed by atoms with Crippen molar-refractivity contribution in [2.24, 2.45) is 11.7 Å². The summed E-state index contributed by atoms with van der Waals surface area (Å²) in [5.74, 6) is -0.584. The topological polar surface area (TPSA) is 99.2 Å². The Morgan fingerprint density at radius 3 is 2.75 bits per heavy atom. The van der Waals surface area contributed by atoms with Gasteiger partial charge in [-0.15, -0.1) is 0 Å². The summed E-state index contributed by atoms with van der Waals surface area (Å²) in [5, 5.41) is 2.65. The molecule has 7 heteroatoms. The summed E-state index contributed by atoms with van der Waals surface area (Å²) >= 11 is 0. The minimum absolute atomic E-state index is 0.259. The summed E-state index contributed by atoms with van der Waals surface area (Å²) in [6, 6.07) is -0.660. The molecule has 0 aliphatic rings.